The SMILES string of the molecule is CCOP(=O)(OCC)[C@H](NC(=O)/C=C/c1ccccc1Cl)C(Cl)(Cl)Cl. The third-order valence-corrected chi connectivity index (χ3v) is 6.68. The molecule has 10 heteroatoms. The Balaban J connectivity index is 3.00. The number of benzene rings is 1. The minimum absolute atomic E-state index is 0.0554. The third kappa shape index (κ3) is 7.10. The molecule has 5 nitrogen and oxygen atoms in total. The molecule has 1 atom stereocenters. The van der Waals surface area contributed by atoms with E-state index in [-0.39, 0.29) is 13.2 Å². The molecule has 0 fully saturated rings. The number of carbonyl (C=O) groups excluding carboxylic acids is 1. The lowest BCUT2D eigenvalue weighted by Crippen LogP contribution is -2.43. The highest BCUT2D eigenvalue weighted by molar-refractivity contribution is 7.55. The normalized spacial score (nSPS) is 13.8. The van der Waals surface area contributed by atoms with Crippen LogP contribution < -0.4 is 5.32 Å². The van der Waals surface area contributed by atoms with Gasteiger partial charge in [-0.25, -0.2) is 0 Å². The van der Waals surface area contributed by atoms with Crippen molar-refractivity contribution in [2.45, 2.75) is 23.4 Å². The molecule has 0 unspecified atom stereocenters. The Kier molecular flexibility index (Phi) is 9.27. The molecule has 0 radical (unpaired) electrons. The van der Waals surface area contributed by atoms with Crippen LogP contribution in [0, 0.1) is 0 Å². The molecule has 0 saturated carbocycles. The van der Waals surface area contributed by atoms with Gasteiger partial charge in [0.15, 0.2) is 5.78 Å². The lowest BCUT2D eigenvalue weighted by molar-refractivity contribution is -0.116. The van der Waals surface area contributed by atoms with Gasteiger partial charge in [0, 0.05) is 11.1 Å². The molecule has 0 saturated heterocycles. The van der Waals surface area contributed by atoms with E-state index in [0.29, 0.717) is 10.6 Å². The average Bonchev–Trinajstić information content (AvgIpc) is 2.51. The van der Waals surface area contributed by atoms with Crippen LogP contribution in [-0.4, -0.2) is 28.7 Å². The van der Waals surface area contributed by atoms with E-state index < -0.39 is 23.1 Å². The Morgan fingerprint density at radius 3 is 2.28 bits per heavy atom. The Bertz CT molecular complexity index is 653. The van der Waals surface area contributed by atoms with Crippen LogP contribution in [0.15, 0.2) is 30.3 Å². The number of carbonyl (C=O) groups is 1. The first-order valence-corrected chi connectivity index (χ1v) is 10.4. The number of amides is 1. The van der Waals surface area contributed by atoms with E-state index in [2.05, 4.69) is 5.32 Å². The van der Waals surface area contributed by atoms with E-state index in [9.17, 15) is 9.36 Å². The third-order valence-electron chi connectivity index (χ3n) is 2.84. The molecule has 0 aliphatic rings. The molecule has 0 bridgehead atoms. The maximum Gasteiger partial charge on any atom is 0.357 e. The maximum absolute atomic E-state index is 12.9. The number of hydrogen-bond acceptors (Lipinski definition) is 4. The van der Waals surface area contributed by atoms with E-state index in [4.69, 9.17) is 55.5 Å². The lowest BCUT2D eigenvalue weighted by Gasteiger charge is -2.31. The molecule has 1 aromatic carbocycles. The van der Waals surface area contributed by atoms with Gasteiger partial charge in [-0.15, -0.1) is 0 Å². The van der Waals surface area contributed by atoms with Gasteiger partial charge in [0.25, 0.3) is 0 Å². The van der Waals surface area contributed by atoms with Crippen molar-refractivity contribution in [3.63, 3.8) is 0 Å². The highest BCUT2D eigenvalue weighted by atomic mass is 35.6. The fourth-order valence-corrected chi connectivity index (χ4v) is 5.02. The Morgan fingerprint density at radius 1 is 1.24 bits per heavy atom. The maximum atomic E-state index is 12.9. The molecular formula is C15H18Cl4NO4P. The van der Waals surface area contributed by atoms with Crippen LogP contribution in [-0.2, 0) is 18.4 Å². The van der Waals surface area contributed by atoms with Gasteiger partial charge in [-0.3, -0.25) is 9.36 Å². The molecule has 0 aliphatic heterocycles. The minimum Gasteiger partial charge on any atom is -0.335 e. The Labute approximate surface area is 167 Å². The van der Waals surface area contributed by atoms with E-state index in [1.807, 2.05) is 0 Å². The molecule has 0 heterocycles. The van der Waals surface area contributed by atoms with Crippen LogP contribution in [0.1, 0.15) is 19.4 Å². The van der Waals surface area contributed by atoms with E-state index in [1.54, 1.807) is 38.1 Å². The quantitative estimate of drug-likeness (QED) is 0.327. The van der Waals surface area contributed by atoms with Crippen LogP contribution in [0.25, 0.3) is 6.08 Å². The zero-order valence-electron chi connectivity index (χ0n) is 13.5. The first-order chi connectivity index (χ1) is 11.6. The highest BCUT2D eigenvalue weighted by Crippen LogP contribution is 2.58. The van der Waals surface area contributed by atoms with E-state index in [1.165, 1.54) is 12.2 Å². The highest BCUT2D eigenvalue weighted by Gasteiger charge is 2.49. The van der Waals surface area contributed by atoms with Gasteiger partial charge in [0.05, 0.1) is 13.2 Å². The minimum atomic E-state index is -3.90. The number of alkyl halides is 3. The van der Waals surface area contributed by atoms with Crippen LogP contribution in [0.4, 0.5) is 0 Å². The van der Waals surface area contributed by atoms with Crippen molar-refractivity contribution in [1.82, 2.24) is 5.32 Å². The van der Waals surface area contributed by atoms with Gasteiger partial charge in [0.2, 0.25) is 9.70 Å². The summed E-state index contributed by atoms with van der Waals surface area (Å²) in [6.45, 7) is 3.33. The second-order valence-corrected chi connectivity index (χ2v) is 9.57. The summed E-state index contributed by atoms with van der Waals surface area (Å²) in [4.78, 5) is 12.2. The van der Waals surface area contributed by atoms with Gasteiger partial charge in [-0.2, -0.15) is 0 Å². The molecule has 1 aromatic rings. The number of halogens is 4. The summed E-state index contributed by atoms with van der Waals surface area (Å²) < 4.78 is 21.1. The van der Waals surface area contributed by atoms with Gasteiger partial charge >= 0.3 is 7.60 Å². The molecule has 1 amide bonds. The first-order valence-electron chi connectivity index (χ1n) is 7.32. The largest absolute Gasteiger partial charge is 0.357 e. The smallest absolute Gasteiger partial charge is 0.335 e. The predicted octanol–water partition coefficient (Wildman–Crippen LogP) is 5.43. The number of nitrogens with one attached hydrogen (secondary N) is 1. The molecule has 1 rings (SSSR count). The summed E-state index contributed by atoms with van der Waals surface area (Å²) in [5.74, 6) is -2.12. The van der Waals surface area contributed by atoms with Crippen LogP contribution in [0.2, 0.25) is 5.02 Å². The topological polar surface area (TPSA) is 64.6 Å². The molecule has 140 valence electrons. The van der Waals surface area contributed by atoms with Crippen LogP contribution in [0.3, 0.4) is 0 Å². The number of rotatable bonds is 8. The first kappa shape index (κ1) is 22.8. The van der Waals surface area contributed by atoms with Crippen molar-refractivity contribution < 1.29 is 18.4 Å². The van der Waals surface area contributed by atoms with Crippen molar-refractivity contribution in [3.8, 4) is 0 Å². The van der Waals surface area contributed by atoms with Gasteiger partial charge < -0.3 is 14.4 Å². The van der Waals surface area contributed by atoms with Crippen molar-refractivity contribution in [1.29, 1.82) is 0 Å². The molecular weight excluding hydrogens is 431 g/mol. The van der Waals surface area contributed by atoms with Crippen molar-refractivity contribution >= 4 is 66.0 Å². The van der Waals surface area contributed by atoms with Gasteiger partial charge in [0.1, 0.15) is 0 Å². The Morgan fingerprint density at radius 2 is 1.80 bits per heavy atom. The molecule has 25 heavy (non-hydrogen) atoms. The van der Waals surface area contributed by atoms with Crippen LogP contribution in [0.5, 0.6) is 0 Å². The summed E-state index contributed by atoms with van der Waals surface area (Å²) in [7, 11) is -3.90. The molecule has 0 aliphatic carbocycles. The van der Waals surface area contributed by atoms with Crippen molar-refractivity contribution in [2.24, 2.45) is 0 Å². The summed E-state index contributed by atoms with van der Waals surface area (Å²) in [5.41, 5.74) is 0.627. The van der Waals surface area contributed by atoms with E-state index in [0.717, 1.165) is 0 Å². The Hall–Kier alpha value is -0.260. The predicted molar refractivity (Wildman–Crippen MR) is 104 cm³/mol. The standard InChI is InChI=1S/C15H18Cl4NO4P/c1-3-23-25(22,24-4-2)14(15(17,18)19)20-13(21)10-9-11-7-5-6-8-12(11)16/h5-10,14H,3-4H2,1-2H3,(H,20,21)/b10-9+/t14-/m0/s1. The van der Waals surface area contributed by atoms with Crippen molar-refractivity contribution in [2.75, 3.05) is 13.2 Å². The fraction of sp³-hybridized carbons (Fsp3) is 0.400. The molecule has 0 aromatic heterocycles. The summed E-state index contributed by atoms with van der Waals surface area (Å²) in [6, 6.07) is 6.94. The molecule has 1 N–H and O–H groups in total. The number of hydrogen-bond donors (Lipinski definition) is 1. The van der Waals surface area contributed by atoms with Gasteiger partial charge in [-0.1, -0.05) is 64.6 Å². The van der Waals surface area contributed by atoms with E-state index >= 15 is 0 Å². The monoisotopic (exact) mass is 447 g/mol. The lowest BCUT2D eigenvalue weighted by atomic mass is 10.2. The second-order valence-electron chi connectivity index (χ2n) is 4.68. The summed E-state index contributed by atoms with van der Waals surface area (Å²) >= 11 is 23.7. The zero-order valence-corrected chi connectivity index (χ0v) is 17.5. The zero-order chi connectivity index (χ0) is 19.1. The summed E-state index contributed by atoms with van der Waals surface area (Å²) in [5, 5.41) is 2.85. The fourth-order valence-electron chi connectivity index (χ4n) is 1.84. The second kappa shape index (κ2) is 10.2. The van der Waals surface area contributed by atoms with Crippen molar-refractivity contribution in [3.05, 3.63) is 40.9 Å². The van der Waals surface area contributed by atoms with Gasteiger partial charge in [-0.05, 0) is 31.6 Å². The molecule has 0 spiro atoms. The average molecular weight is 449 g/mol. The van der Waals surface area contributed by atoms with Crippen LogP contribution >= 0.6 is 54.0 Å². The summed E-state index contributed by atoms with van der Waals surface area (Å²) in [6.07, 6.45) is 2.67.